The smallest absolute Gasteiger partial charge is 0.251 e. The van der Waals surface area contributed by atoms with Crippen LogP contribution in [0.1, 0.15) is 49.0 Å². The lowest BCUT2D eigenvalue weighted by molar-refractivity contribution is 0.0952. The number of primary sulfonamides is 1. The summed E-state index contributed by atoms with van der Waals surface area (Å²) in [5.41, 5.74) is 1.01. The van der Waals surface area contributed by atoms with E-state index >= 15 is 0 Å². The topological polar surface area (TPSA) is 89.3 Å². The fraction of sp³-hybridized carbons (Fsp3) is 0.533. The largest absolute Gasteiger partial charge is 0.352 e. The van der Waals surface area contributed by atoms with E-state index in [9.17, 15) is 13.2 Å². The number of carbonyl (C=O) groups is 1. The second-order valence-electron chi connectivity index (χ2n) is 5.73. The highest BCUT2D eigenvalue weighted by molar-refractivity contribution is 7.89. The Kier molecular flexibility index (Phi) is 6.36. The van der Waals surface area contributed by atoms with E-state index in [-0.39, 0.29) is 10.8 Å². The van der Waals surface area contributed by atoms with Crippen LogP contribution in [0.15, 0.2) is 23.1 Å². The Morgan fingerprint density at radius 3 is 2.48 bits per heavy atom. The second kappa shape index (κ2) is 7.56. The van der Waals surface area contributed by atoms with Crippen LogP contribution in [0, 0.1) is 12.8 Å². The molecule has 0 aliphatic carbocycles. The van der Waals surface area contributed by atoms with Crippen molar-refractivity contribution in [3.8, 4) is 0 Å². The van der Waals surface area contributed by atoms with Gasteiger partial charge in [-0.25, -0.2) is 13.6 Å². The normalized spacial score (nSPS) is 11.7. The maximum absolute atomic E-state index is 12.0. The van der Waals surface area contributed by atoms with E-state index in [0.717, 1.165) is 19.3 Å². The minimum absolute atomic E-state index is 0.0348. The zero-order chi connectivity index (χ0) is 16.0. The summed E-state index contributed by atoms with van der Waals surface area (Å²) >= 11 is 0. The Balaban J connectivity index is 2.64. The Bertz CT molecular complexity index is 595. The molecule has 0 saturated heterocycles. The van der Waals surface area contributed by atoms with Gasteiger partial charge in [0.05, 0.1) is 4.90 Å². The highest BCUT2D eigenvalue weighted by Crippen LogP contribution is 2.13. The number of nitrogens with two attached hydrogens (primary N) is 1. The van der Waals surface area contributed by atoms with Gasteiger partial charge in [0.25, 0.3) is 5.91 Å². The van der Waals surface area contributed by atoms with Gasteiger partial charge in [0.15, 0.2) is 0 Å². The molecule has 0 heterocycles. The molecule has 118 valence electrons. The molecule has 1 amide bonds. The van der Waals surface area contributed by atoms with Crippen LogP contribution in [0.3, 0.4) is 0 Å². The molecule has 0 saturated carbocycles. The first-order valence-corrected chi connectivity index (χ1v) is 8.67. The molecular weight excluding hydrogens is 288 g/mol. The number of aryl methyl sites for hydroxylation is 1. The van der Waals surface area contributed by atoms with E-state index in [1.807, 2.05) is 0 Å². The Hall–Kier alpha value is -1.40. The van der Waals surface area contributed by atoms with Crippen molar-refractivity contribution in [1.82, 2.24) is 5.32 Å². The number of unbranched alkanes of at least 4 members (excludes halogenated alkanes) is 1. The number of amides is 1. The Morgan fingerprint density at radius 1 is 1.24 bits per heavy atom. The molecule has 5 nitrogen and oxygen atoms in total. The molecule has 0 aliphatic heterocycles. The van der Waals surface area contributed by atoms with Crippen molar-refractivity contribution in [2.45, 2.75) is 44.9 Å². The number of hydrogen-bond donors (Lipinski definition) is 2. The molecule has 6 heteroatoms. The molecule has 21 heavy (non-hydrogen) atoms. The van der Waals surface area contributed by atoms with Crippen molar-refractivity contribution in [1.29, 1.82) is 0 Å². The van der Waals surface area contributed by atoms with E-state index in [0.29, 0.717) is 23.6 Å². The number of carbonyl (C=O) groups excluding carboxylic acids is 1. The molecule has 0 bridgehead atoms. The van der Waals surface area contributed by atoms with Gasteiger partial charge in [0.1, 0.15) is 0 Å². The van der Waals surface area contributed by atoms with Gasteiger partial charge >= 0.3 is 0 Å². The van der Waals surface area contributed by atoms with E-state index in [1.54, 1.807) is 13.0 Å². The third-order valence-electron chi connectivity index (χ3n) is 3.14. The lowest BCUT2D eigenvalue weighted by Crippen LogP contribution is -2.25. The molecule has 0 atom stereocenters. The molecule has 1 aromatic rings. The third-order valence-corrected chi connectivity index (χ3v) is 4.03. The molecule has 0 aliphatic rings. The lowest BCUT2D eigenvalue weighted by atomic mass is 10.1. The number of hydrogen-bond acceptors (Lipinski definition) is 3. The maximum atomic E-state index is 12.0. The first kappa shape index (κ1) is 17.7. The highest BCUT2D eigenvalue weighted by atomic mass is 32.2. The summed E-state index contributed by atoms with van der Waals surface area (Å²) < 4.78 is 22.7. The first-order chi connectivity index (χ1) is 9.70. The van der Waals surface area contributed by atoms with Crippen molar-refractivity contribution < 1.29 is 13.2 Å². The summed E-state index contributed by atoms with van der Waals surface area (Å²) in [6, 6.07) is 4.42. The van der Waals surface area contributed by atoms with Crippen molar-refractivity contribution in [3.05, 3.63) is 29.3 Å². The van der Waals surface area contributed by atoms with E-state index in [2.05, 4.69) is 19.2 Å². The van der Waals surface area contributed by atoms with Crippen LogP contribution in [0.25, 0.3) is 0 Å². The van der Waals surface area contributed by atoms with Gasteiger partial charge in [-0.3, -0.25) is 4.79 Å². The van der Waals surface area contributed by atoms with Crippen LogP contribution in [-0.2, 0) is 10.0 Å². The highest BCUT2D eigenvalue weighted by Gasteiger charge is 2.13. The van der Waals surface area contributed by atoms with Crippen LogP contribution in [0.2, 0.25) is 0 Å². The average molecular weight is 312 g/mol. The summed E-state index contributed by atoms with van der Waals surface area (Å²) in [4.78, 5) is 12.0. The monoisotopic (exact) mass is 312 g/mol. The van der Waals surface area contributed by atoms with E-state index in [1.165, 1.54) is 12.1 Å². The Morgan fingerprint density at radius 2 is 1.90 bits per heavy atom. The van der Waals surface area contributed by atoms with Gasteiger partial charge in [0, 0.05) is 12.1 Å². The van der Waals surface area contributed by atoms with Gasteiger partial charge in [-0.15, -0.1) is 0 Å². The Labute approximate surface area is 127 Å². The van der Waals surface area contributed by atoms with Crippen LogP contribution < -0.4 is 10.5 Å². The minimum atomic E-state index is -3.80. The molecule has 0 unspecified atom stereocenters. The standard InChI is InChI=1S/C15H24N2O3S/c1-11(2)6-4-5-7-17-15(18)13-8-12(3)9-14(10-13)21(16,19)20/h8-11H,4-7H2,1-3H3,(H,17,18)(H2,16,19,20). The zero-order valence-corrected chi connectivity index (χ0v) is 13.7. The van der Waals surface area contributed by atoms with E-state index in [4.69, 9.17) is 5.14 Å². The number of rotatable bonds is 7. The minimum Gasteiger partial charge on any atom is -0.352 e. The van der Waals surface area contributed by atoms with Crippen LogP contribution in [0.4, 0.5) is 0 Å². The summed E-state index contributed by atoms with van der Waals surface area (Å²) in [5.74, 6) is 0.392. The van der Waals surface area contributed by atoms with Gasteiger partial charge in [-0.05, 0) is 43.0 Å². The van der Waals surface area contributed by atoms with Gasteiger partial charge in [0.2, 0.25) is 10.0 Å². The molecule has 0 fully saturated rings. The molecule has 0 radical (unpaired) electrons. The molecule has 1 rings (SSSR count). The van der Waals surface area contributed by atoms with Crippen molar-refractivity contribution in [3.63, 3.8) is 0 Å². The van der Waals surface area contributed by atoms with Gasteiger partial charge in [-0.2, -0.15) is 0 Å². The fourth-order valence-electron chi connectivity index (χ4n) is 2.02. The fourth-order valence-corrected chi connectivity index (χ4v) is 2.67. The lowest BCUT2D eigenvalue weighted by Gasteiger charge is -2.08. The predicted molar refractivity (Wildman–Crippen MR) is 83.6 cm³/mol. The second-order valence-corrected chi connectivity index (χ2v) is 7.29. The summed E-state index contributed by atoms with van der Waals surface area (Å²) in [5, 5.41) is 7.91. The third kappa shape index (κ3) is 6.27. The molecule has 0 aromatic heterocycles. The molecular formula is C15H24N2O3S. The zero-order valence-electron chi connectivity index (χ0n) is 12.8. The summed E-state index contributed by atoms with van der Waals surface area (Å²) in [6.45, 7) is 6.65. The number of nitrogens with one attached hydrogen (secondary N) is 1. The average Bonchev–Trinajstić information content (AvgIpc) is 2.36. The van der Waals surface area contributed by atoms with Crippen LogP contribution in [-0.4, -0.2) is 20.9 Å². The maximum Gasteiger partial charge on any atom is 0.251 e. The quantitative estimate of drug-likeness (QED) is 0.756. The predicted octanol–water partition coefficient (Wildman–Crippen LogP) is 2.20. The van der Waals surface area contributed by atoms with Crippen molar-refractivity contribution in [2.24, 2.45) is 11.1 Å². The molecule has 0 spiro atoms. The molecule has 3 N–H and O–H groups in total. The van der Waals surface area contributed by atoms with Crippen LogP contribution >= 0.6 is 0 Å². The summed E-state index contributed by atoms with van der Waals surface area (Å²) in [7, 11) is -3.80. The van der Waals surface area contributed by atoms with Gasteiger partial charge < -0.3 is 5.32 Å². The van der Waals surface area contributed by atoms with Crippen molar-refractivity contribution >= 4 is 15.9 Å². The van der Waals surface area contributed by atoms with E-state index < -0.39 is 10.0 Å². The number of sulfonamides is 1. The van der Waals surface area contributed by atoms with Crippen LogP contribution in [0.5, 0.6) is 0 Å². The first-order valence-electron chi connectivity index (χ1n) is 7.13. The summed E-state index contributed by atoms with van der Waals surface area (Å²) in [6.07, 6.45) is 3.11. The number of benzene rings is 1. The molecule has 1 aromatic carbocycles. The van der Waals surface area contributed by atoms with Crippen molar-refractivity contribution in [2.75, 3.05) is 6.54 Å². The van der Waals surface area contributed by atoms with Gasteiger partial charge in [-0.1, -0.05) is 26.7 Å². The SMILES string of the molecule is Cc1cc(C(=O)NCCCCC(C)C)cc(S(N)(=O)=O)c1.